The zero-order chi connectivity index (χ0) is 9.52. The summed E-state index contributed by atoms with van der Waals surface area (Å²) in [5, 5.41) is 3.34. The van der Waals surface area contributed by atoms with Crippen LogP contribution in [-0.4, -0.2) is 23.1 Å². The van der Waals surface area contributed by atoms with Crippen molar-refractivity contribution in [3.05, 3.63) is 23.8 Å². The van der Waals surface area contributed by atoms with Crippen LogP contribution >= 0.6 is 0 Å². The molecule has 0 bridgehead atoms. The monoisotopic (exact) mass is 179 g/mol. The molecule has 0 aliphatic heterocycles. The van der Waals surface area contributed by atoms with Gasteiger partial charge in [0.1, 0.15) is 5.82 Å². The van der Waals surface area contributed by atoms with E-state index in [1.807, 2.05) is 19.2 Å². The third-order valence-electron chi connectivity index (χ3n) is 1.82. The second kappa shape index (κ2) is 5.65. The summed E-state index contributed by atoms with van der Waals surface area (Å²) in [5.41, 5.74) is 1.12. The molecule has 1 heterocycles. The SMILES string of the molecule is CCCNCCc1ccnc(C)n1. The number of aromatic nitrogens is 2. The van der Waals surface area contributed by atoms with E-state index in [1.165, 1.54) is 6.42 Å². The third-order valence-corrected chi connectivity index (χ3v) is 1.82. The Labute approximate surface area is 79.6 Å². The molecule has 0 aliphatic rings. The summed E-state index contributed by atoms with van der Waals surface area (Å²) in [4.78, 5) is 8.37. The van der Waals surface area contributed by atoms with Gasteiger partial charge in [-0.1, -0.05) is 6.92 Å². The Balaban J connectivity index is 2.28. The Morgan fingerprint density at radius 3 is 2.92 bits per heavy atom. The van der Waals surface area contributed by atoms with E-state index in [4.69, 9.17) is 0 Å². The molecule has 0 aliphatic carbocycles. The second-order valence-corrected chi connectivity index (χ2v) is 3.10. The molecule has 0 fully saturated rings. The van der Waals surface area contributed by atoms with Crippen molar-refractivity contribution in [3.8, 4) is 0 Å². The van der Waals surface area contributed by atoms with Gasteiger partial charge in [0.25, 0.3) is 0 Å². The molecule has 1 N–H and O–H groups in total. The van der Waals surface area contributed by atoms with Gasteiger partial charge in [0.15, 0.2) is 0 Å². The van der Waals surface area contributed by atoms with E-state index in [2.05, 4.69) is 22.2 Å². The van der Waals surface area contributed by atoms with Gasteiger partial charge in [0, 0.05) is 24.9 Å². The topological polar surface area (TPSA) is 37.8 Å². The lowest BCUT2D eigenvalue weighted by atomic mass is 10.3. The standard InChI is InChI=1S/C10H17N3/c1-3-6-11-7-4-10-5-8-12-9(2)13-10/h5,8,11H,3-4,6-7H2,1-2H3. The van der Waals surface area contributed by atoms with Crippen molar-refractivity contribution in [1.29, 1.82) is 0 Å². The first-order chi connectivity index (χ1) is 6.33. The van der Waals surface area contributed by atoms with Crippen molar-refractivity contribution >= 4 is 0 Å². The minimum atomic E-state index is 0.855. The zero-order valence-electron chi connectivity index (χ0n) is 8.38. The number of rotatable bonds is 5. The Kier molecular flexibility index (Phi) is 4.40. The van der Waals surface area contributed by atoms with Crippen LogP contribution in [0.2, 0.25) is 0 Å². The van der Waals surface area contributed by atoms with Crippen LogP contribution in [0, 0.1) is 6.92 Å². The first-order valence-corrected chi connectivity index (χ1v) is 4.82. The van der Waals surface area contributed by atoms with Crippen molar-refractivity contribution in [3.63, 3.8) is 0 Å². The molecule has 3 heteroatoms. The molecule has 0 saturated carbocycles. The van der Waals surface area contributed by atoms with E-state index in [0.29, 0.717) is 0 Å². The van der Waals surface area contributed by atoms with Gasteiger partial charge in [0.2, 0.25) is 0 Å². The molecule has 72 valence electrons. The summed E-state index contributed by atoms with van der Waals surface area (Å²) >= 11 is 0. The highest BCUT2D eigenvalue weighted by Gasteiger charge is 1.94. The van der Waals surface area contributed by atoms with Crippen molar-refractivity contribution < 1.29 is 0 Å². The minimum absolute atomic E-state index is 0.855. The van der Waals surface area contributed by atoms with Crippen LogP contribution in [-0.2, 0) is 6.42 Å². The maximum Gasteiger partial charge on any atom is 0.125 e. The van der Waals surface area contributed by atoms with Crippen LogP contribution in [0.15, 0.2) is 12.3 Å². The quantitative estimate of drug-likeness (QED) is 0.693. The van der Waals surface area contributed by atoms with Gasteiger partial charge >= 0.3 is 0 Å². The van der Waals surface area contributed by atoms with E-state index in [0.717, 1.165) is 31.0 Å². The minimum Gasteiger partial charge on any atom is -0.316 e. The predicted molar refractivity (Wildman–Crippen MR) is 53.6 cm³/mol. The largest absolute Gasteiger partial charge is 0.316 e. The summed E-state index contributed by atoms with van der Waals surface area (Å²) in [6.07, 6.45) is 3.99. The number of hydrogen-bond acceptors (Lipinski definition) is 3. The smallest absolute Gasteiger partial charge is 0.125 e. The van der Waals surface area contributed by atoms with Crippen molar-refractivity contribution in [2.75, 3.05) is 13.1 Å². The molecular weight excluding hydrogens is 162 g/mol. The third kappa shape index (κ3) is 3.99. The lowest BCUT2D eigenvalue weighted by molar-refractivity contribution is 0.664. The molecule has 3 nitrogen and oxygen atoms in total. The van der Waals surface area contributed by atoms with Gasteiger partial charge in [-0.3, -0.25) is 0 Å². The molecule has 13 heavy (non-hydrogen) atoms. The lowest BCUT2D eigenvalue weighted by Gasteiger charge is -2.02. The van der Waals surface area contributed by atoms with E-state index < -0.39 is 0 Å². The molecule has 0 unspecified atom stereocenters. The van der Waals surface area contributed by atoms with E-state index in [-0.39, 0.29) is 0 Å². The molecule has 1 aromatic heterocycles. The van der Waals surface area contributed by atoms with Crippen LogP contribution in [0.5, 0.6) is 0 Å². The first-order valence-electron chi connectivity index (χ1n) is 4.82. The Morgan fingerprint density at radius 1 is 1.38 bits per heavy atom. The zero-order valence-corrected chi connectivity index (χ0v) is 8.38. The van der Waals surface area contributed by atoms with E-state index in [9.17, 15) is 0 Å². The van der Waals surface area contributed by atoms with Crippen molar-refractivity contribution in [2.45, 2.75) is 26.7 Å². The molecule has 1 rings (SSSR count). The summed E-state index contributed by atoms with van der Waals surface area (Å²) in [6, 6.07) is 1.97. The highest BCUT2D eigenvalue weighted by atomic mass is 14.9. The van der Waals surface area contributed by atoms with Gasteiger partial charge in [-0.25, -0.2) is 9.97 Å². The fraction of sp³-hybridized carbons (Fsp3) is 0.600. The van der Waals surface area contributed by atoms with Gasteiger partial charge in [-0.05, 0) is 26.0 Å². The Hall–Kier alpha value is -0.960. The highest BCUT2D eigenvalue weighted by Crippen LogP contribution is 1.94. The highest BCUT2D eigenvalue weighted by molar-refractivity contribution is 5.01. The number of aryl methyl sites for hydroxylation is 1. The molecule has 0 saturated heterocycles. The van der Waals surface area contributed by atoms with E-state index >= 15 is 0 Å². The van der Waals surface area contributed by atoms with Gasteiger partial charge in [0.05, 0.1) is 0 Å². The van der Waals surface area contributed by atoms with Gasteiger partial charge in [-0.2, -0.15) is 0 Å². The van der Waals surface area contributed by atoms with Crippen LogP contribution in [0.3, 0.4) is 0 Å². The van der Waals surface area contributed by atoms with Crippen molar-refractivity contribution in [1.82, 2.24) is 15.3 Å². The molecule has 0 amide bonds. The van der Waals surface area contributed by atoms with Crippen LogP contribution in [0.1, 0.15) is 24.9 Å². The first kappa shape index (κ1) is 10.1. The van der Waals surface area contributed by atoms with Crippen LogP contribution in [0.25, 0.3) is 0 Å². The molecule has 1 aromatic rings. The lowest BCUT2D eigenvalue weighted by Crippen LogP contribution is -2.18. The second-order valence-electron chi connectivity index (χ2n) is 3.10. The normalized spacial score (nSPS) is 10.3. The molecular formula is C10H17N3. The summed E-state index contributed by atoms with van der Waals surface area (Å²) in [6.45, 7) is 6.18. The number of hydrogen-bond donors (Lipinski definition) is 1. The Morgan fingerprint density at radius 2 is 2.23 bits per heavy atom. The average Bonchev–Trinajstić information content (AvgIpc) is 2.13. The molecule has 0 atom stereocenters. The number of nitrogens with one attached hydrogen (secondary N) is 1. The fourth-order valence-corrected chi connectivity index (χ4v) is 1.16. The maximum absolute atomic E-state index is 4.32. The maximum atomic E-state index is 4.32. The summed E-state index contributed by atoms with van der Waals surface area (Å²) in [7, 11) is 0. The Bertz CT molecular complexity index is 248. The molecule has 0 aromatic carbocycles. The van der Waals surface area contributed by atoms with Crippen LogP contribution < -0.4 is 5.32 Å². The fourth-order valence-electron chi connectivity index (χ4n) is 1.16. The summed E-state index contributed by atoms with van der Waals surface area (Å²) < 4.78 is 0. The predicted octanol–water partition coefficient (Wildman–Crippen LogP) is 1.33. The van der Waals surface area contributed by atoms with Gasteiger partial charge < -0.3 is 5.32 Å². The van der Waals surface area contributed by atoms with E-state index in [1.54, 1.807) is 0 Å². The van der Waals surface area contributed by atoms with Crippen molar-refractivity contribution in [2.24, 2.45) is 0 Å². The molecule has 0 radical (unpaired) electrons. The van der Waals surface area contributed by atoms with Crippen LogP contribution in [0.4, 0.5) is 0 Å². The summed E-state index contributed by atoms with van der Waals surface area (Å²) in [5.74, 6) is 0.855. The number of nitrogens with zero attached hydrogens (tertiary/aromatic N) is 2. The van der Waals surface area contributed by atoms with Gasteiger partial charge in [-0.15, -0.1) is 0 Å². The molecule has 0 spiro atoms. The average molecular weight is 179 g/mol.